The van der Waals surface area contributed by atoms with Crippen LogP contribution in [0, 0.1) is 22.7 Å². The molecule has 8 nitrogen and oxygen atoms in total. The molecule has 0 N–H and O–H groups in total. The molecule has 0 aliphatic heterocycles. The van der Waals surface area contributed by atoms with Crippen molar-refractivity contribution < 1.29 is 38.1 Å². The van der Waals surface area contributed by atoms with E-state index in [-0.39, 0.29) is 38.0 Å². The van der Waals surface area contributed by atoms with Gasteiger partial charge < -0.3 is 18.9 Å². The van der Waals surface area contributed by atoms with Crippen LogP contribution in [-0.2, 0) is 38.1 Å². The molecule has 8 heteroatoms. The minimum Gasteiger partial charge on any atom is -0.465 e. The lowest BCUT2D eigenvalue weighted by molar-refractivity contribution is -0.168. The van der Waals surface area contributed by atoms with Crippen LogP contribution in [0.25, 0.3) is 0 Å². The van der Waals surface area contributed by atoms with Crippen molar-refractivity contribution in [3.63, 3.8) is 0 Å². The number of rotatable bonds is 14. The average Bonchev–Trinajstić information content (AvgIpc) is 3.58. The lowest BCUT2D eigenvalue weighted by atomic mass is 9.79. The molecule has 2 unspecified atom stereocenters. The SMILES string of the molecule is CC(C)(C)OC(=O)C(C)(C)CC(C(=O)OCCCOC(=O)C(CC(C)(C)C(=O)OC(C)(C)C)C1=CC=CC1)C1=CC=CC1. The Morgan fingerprint density at radius 2 is 0.977 bits per heavy atom. The van der Waals surface area contributed by atoms with Gasteiger partial charge in [0, 0.05) is 6.42 Å². The fourth-order valence-electron chi connectivity index (χ4n) is 4.80. The molecule has 0 radical (unpaired) electrons. The van der Waals surface area contributed by atoms with Crippen LogP contribution >= 0.6 is 0 Å². The predicted molar refractivity (Wildman–Crippen MR) is 166 cm³/mol. The molecule has 0 heterocycles. The first kappa shape index (κ1) is 36.0. The van der Waals surface area contributed by atoms with Gasteiger partial charge in [0.25, 0.3) is 0 Å². The maximum atomic E-state index is 13.2. The highest BCUT2D eigenvalue weighted by molar-refractivity contribution is 5.81. The van der Waals surface area contributed by atoms with Crippen LogP contribution in [0.4, 0.5) is 0 Å². The molecule has 0 amide bonds. The van der Waals surface area contributed by atoms with E-state index in [1.807, 2.05) is 78.0 Å². The highest BCUT2D eigenvalue weighted by atomic mass is 16.6. The molecule has 240 valence electrons. The van der Waals surface area contributed by atoms with Crippen LogP contribution in [0.5, 0.6) is 0 Å². The topological polar surface area (TPSA) is 105 Å². The molecule has 2 aliphatic carbocycles. The monoisotopic (exact) mass is 600 g/mol. The maximum absolute atomic E-state index is 13.2. The predicted octanol–water partition coefficient (Wildman–Crippen LogP) is 6.98. The van der Waals surface area contributed by atoms with Crippen molar-refractivity contribution in [2.24, 2.45) is 22.7 Å². The second-order valence-electron chi connectivity index (χ2n) is 14.7. The number of esters is 4. The van der Waals surface area contributed by atoms with Crippen molar-refractivity contribution in [3.8, 4) is 0 Å². The summed E-state index contributed by atoms with van der Waals surface area (Å²) in [5.41, 5.74) is -1.29. The summed E-state index contributed by atoms with van der Waals surface area (Å²) in [5.74, 6) is -2.77. The van der Waals surface area contributed by atoms with Crippen molar-refractivity contribution in [2.45, 2.75) is 113 Å². The van der Waals surface area contributed by atoms with Crippen LogP contribution in [-0.4, -0.2) is 48.3 Å². The van der Waals surface area contributed by atoms with E-state index < -0.39 is 45.8 Å². The quantitative estimate of drug-likeness (QED) is 0.119. The molecule has 0 aromatic carbocycles. The Morgan fingerprint density at radius 3 is 1.26 bits per heavy atom. The first-order valence-electron chi connectivity index (χ1n) is 15.2. The maximum Gasteiger partial charge on any atom is 0.313 e. The Morgan fingerprint density at radius 1 is 0.628 bits per heavy atom. The summed E-state index contributed by atoms with van der Waals surface area (Å²) in [6.45, 7) is 18.1. The Kier molecular flexibility index (Phi) is 12.2. The third kappa shape index (κ3) is 11.8. The first-order valence-corrected chi connectivity index (χ1v) is 15.2. The van der Waals surface area contributed by atoms with E-state index in [9.17, 15) is 19.2 Å². The van der Waals surface area contributed by atoms with E-state index in [2.05, 4.69) is 0 Å². The Bertz CT molecular complexity index is 1060. The van der Waals surface area contributed by atoms with Gasteiger partial charge in [-0.05, 0) is 94.9 Å². The summed E-state index contributed by atoms with van der Waals surface area (Å²) in [6.07, 6.45) is 13.6. The summed E-state index contributed by atoms with van der Waals surface area (Å²) in [6, 6.07) is 0. The van der Waals surface area contributed by atoms with Crippen LogP contribution < -0.4 is 0 Å². The summed E-state index contributed by atoms with van der Waals surface area (Å²) >= 11 is 0. The highest BCUT2D eigenvalue weighted by Crippen LogP contribution is 2.37. The van der Waals surface area contributed by atoms with Crippen LogP contribution in [0.3, 0.4) is 0 Å². The minimum atomic E-state index is -0.901. The van der Waals surface area contributed by atoms with Crippen molar-refractivity contribution in [1.82, 2.24) is 0 Å². The molecule has 0 saturated carbocycles. The summed E-state index contributed by atoms with van der Waals surface area (Å²) in [7, 11) is 0. The lowest BCUT2D eigenvalue weighted by Gasteiger charge is -2.31. The second-order valence-corrected chi connectivity index (χ2v) is 14.7. The number of allylic oxidation sites excluding steroid dienone is 6. The van der Waals surface area contributed by atoms with Gasteiger partial charge in [-0.2, -0.15) is 0 Å². The van der Waals surface area contributed by atoms with Gasteiger partial charge in [0.2, 0.25) is 0 Å². The van der Waals surface area contributed by atoms with Gasteiger partial charge in [-0.3, -0.25) is 19.2 Å². The lowest BCUT2D eigenvalue weighted by Crippen LogP contribution is -2.37. The van der Waals surface area contributed by atoms with Gasteiger partial charge in [0.05, 0.1) is 35.9 Å². The van der Waals surface area contributed by atoms with Crippen LogP contribution in [0.2, 0.25) is 0 Å². The van der Waals surface area contributed by atoms with E-state index in [0.717, 1.165) is 11.1 Å². The van der Waals surface area contributed by atoms with Crippen molar-refractivity contribution in [3.05, 3.63) is 47.6 Å². The molecule has 0 saturated heterocycles. The van der Waals surface area contributed by atoms with E-state index >= 15 is 0 Å². The van der Waals surface area contributed by atoms with Gasteiger partial charge in [0.15, 0.2) is 0 Å². The van der Waals surface area contributed by atoms with Crippen molar-refractivity contribution in [1.29, 1.82) is 0 Å². The second kappa shape index (κ2) is 14.5. The van der Waals surface area contributed by atoms with E-state index in [1.165, 1.54) is 0 Å². The van der Waals surface area contributed by atoms with E-state index in [1.54, 1.807) is 27.7 Å². The molecule has 0 fully saturated rings. The van der Waals surface area contributed by atoms with Gasteiger partial charge in [-0.25, -0.2) is 0 Å². The van der Waals surface area contributed by atoms with Crippen LogP contribution in [0.15, 0.2) is 47.6 Å². The Balaban J connectivity index is 1.96. The standard InChI is InChI=1S/C35H52O8/c1-32(2,3)42-30(38)34(7,8)22-26(24-16-11-12-17-24)28(36)40-20-15-21-41-29(37)27(25-18-13-14-19-25)23-35(9,10)31(39)43-33(4,5)6/h11-14,16,18,26-27H,15,17,19-23H2,1-10H3. The molecule has 0 aromatic heterocycles. The summed E-state index contributed by atoms with van der Waals surface area (Å²) in [4.78, 5) is 52.1. The largest absolute Gasteiger partial charge is 0.465 e. The van der Waals surface area contributed by atoms with Gasteiger partial charge in [0.1, 0.15) is 11.2 Å². The minimum absolute atomic E-state index is 0.0640. The summed E-state index contributed by atoms with van der Waals surface area (Å²) in [5, 5.41) is 0. The van der Waals surface area contributed by atoms with E-state index in [4.69, 9.17) is 18.9 Å². The molecule has 2 rings (SSSR count). The summed E-state index contributed by atoms with van der Waals surface area (Å²) < 4.78 is 22.4. The van der Waals surface area contributed by atoms with Crippen LogP contribution in [0.1, 0.15) is 101 Å². The number of carbonyl (C=O) groups is 4. The van der Waals surface area contributed by atoms with Gasteiger partial charge in [-0.15, -0.1) is 0 Å². The zero-order valence-electron chi connectivity index (χ0n) is 27.8. The number of carbonyl (C=O) groups excluding carboxylic acids is 4. The van der Waals surface area contributed by atoms with Crippen molar-refractivity contribution >= 4 is 23.9 Å². The van der Waals surface area contributed by atoms with Gasteiger partial charge >= 0.3 is 23.9 Å². The zero-order chi connectivity index (χ0) is 32.6. The number of hydrogen-bond acceptors (Lipinski definition) is 8. The molecule has 0 bridgehead atoms. The number of hydrogen-bond donors (Lipinski definition) is 0. The zero-order valence-corrected chi connectivity index (χ0v) is 27.8. The molecule has 0 aromatic rings. The van der Waals surface area contributed by atoms with E-state index in [0.29, 0.717) is 19.3 Å². The fraction of sp³-hybridized carbons (Fsp3) is 0.657. The van der Waals surface area contributed by atoms with Crippen molar-refractivity contribution in [2.75, 3.05) is 13.2 Å². The molecular weight excluding hydrogens is 548 g/mol. The molecule has 0 spiro atoms. The number of ether oxygens (including phenoxy) is 4. The smallest absolute Gasteiger partial charge is 0.313 e. The molecular formula is C35H52O8. The third-order valence-electron chi connectivity index (χ3n) is 7.17. The Labute approximate surface area is 257 Å². The molecule has 43 heavy (non-hydrogen) atoms. The normalized spacial score (nSPS) is 16.7. The first-order chi connectivity index (χ1) is 19.7. The average molecular weight is 601 g/mol. The molecule has 2 aliphatic rings. The molecule has 2 atom stereocenters. The Hall–Kier alpha value is -3.16. The van der Waals surface area contributed by atoms with Gasteiger partial charge in [-0.1, -0.05) is 47.6 Å². The highest BCUT2D eigenvalue weighted by Gasteiger charge is 2.40. The third-order valence-corrected chi connectivity index (χ3v) is 7.17. The fourth-order valence-corrected chi connectivity index (χ4v) is 4.80.